The third-order valence-electron chi connectivity index (χ3n) is 2.27. The van der Waals surface area contributed by atoms with Crippen molar-refractivity contribution in [3.8, 4) is 0 Å². The van der Waals surface area contributed by atoms with Gasteiger partial charge in [-0.3, -0.25) is 9.52 Å². The van der Waals surface area contributed by atoms with Crippen molar-refractivity contribution in [2.75, 3.05) is 4.72 Å². The van der Waals surface area contributed by atoms with E-state index in [9.17, 15) is 13.2 Å². The van der Waals surface area contributed by atoms with E-state index in [1.807, 2.05) is 0 Å². The van der Waals surface area contributed by atoms with Crippen molar-refractivity contribution in [1.29, 1.82) is 0 Å². The van der Waals surface area contributed by atoms with Crippen molar-refractivity contribution in [2.24, 2.45) is 0 Å². The molecular formula is C11H8Br2N2O3S2. The Hall–Kier alpha value is -0.770. The number of carbonyl (C=O) groups is 1. The average molecular weight is 440 g/mol. The molecule has 0 aliphatic carbocycles. The molecule has 0 radical (unpaired) electrons. The van der Waals surface area contributed by atoms with E-state index >= 15 is 0 Å². The largest absolute Gasteiger partial charge is 0.293 e. The van der Waals surface area contributed by atoms with E-state index in [0.717, 1.165) is 15.8 Å². The molecule has 0 amide bonds. The lowest BCUT2D eigenvalue weighted by Crippen LogP contribution is -2.13. The van der Waals surface area contributed by atoms with Crippen LogP contribution >= 0.6 is 43.2 Å². The van der Waals surface area contributed by atoms with Gasteiger partial charge in [-0.25, -0.2) is 13.4 Å². The first-order valence-corrected chi connectivity index (χ1v) is 9.19. The molecule has 5 nitrogen and oxygen atoms in total. The summed E-state index contributed by atoms with van der Waals surface area (Å²) in [5.74, 6) is -0.212. The van der Waals surface area contributed by atoms with Gasteiger partial charge in [-0.05, 0) is 34.1 Å². The van der Waals surface area contributed by atoms with Gasteiger partial charge < -0.3 is 0 Å². The molecular weight excluding hydrogens is 432 g/mol. The number of thiazole rings is 1. The van der Waals surface area contributed by atoms with Crippen molar-refractivity contribution in [2.45, 2.75) is 11.8 Å². The molecule has 20 heavy (non-hydrogen) atoms. The minimum atomic E-state index is -3.75. The highest BCUT2D eigenvalue weighted by Crippen LogP contribution is 2.28. The maximum Gasteiger partial charge on any atom is 0.264 e. The molecule has 0 fully saturated rings. The van der Waals surface area contributed by atoms with Crippen molar-refractivity contribution in [3.05, 3.63) is 38.2 Å². The average Bonchev–Trinajstić information content (AvgIpc) is 2.76. The maximum absolute atomic E-state index is 12.2. The second kappa shape index (κ2) is 5.92. The van der Waals surface area contributed by atoms with Crippen molar-refractivity contribution in [1.82, 2.24) is 4.98 Å². The number of aromatic nitrogens is 1. The molecule has 2 rings (SSSR count). The third-order valence-corrected chi connectivity index (χ3v) is 5.97. The summed E-state index contributed by atoms with van der Waals surface area (Å²) in [5, 5.41) is 1.67. The predicted molar refractivity (Wildman–Crippen MR) is 84.8 cm³/mol. The number of nitrogens with zero attached hydrogens (tertiary/aromatic N) is 1. The lowest BCUT2D eigenvalue weighted by Gasteiger charge is -2.07. The Bertz CT molecular complexity index is 772. The Labute approximate surface area is 136 Å². The van der Waals surface area contributed by atoms with Crippen LogP contribution in [-0.2, 0) is 10.0 Å². The first-order chi connectivity index (χ1) is 9.29. The van der Waals surface area contributed by atoms with E-state index in [-0.39, 0.29) is 21.5 Å². The molecule has 1 N–H and O–H groups in total. The molecule has 0 aliphatic rings. The number of halogens is 2. The molecule has 0 spiro atoms. The zero-order chi connectivity index (χ0) is 14.9. The number of ketones is 1. The van der Waals surface area contributed by atoms with Crippen LogP contribution in [0.4, 0.5) is 5.13 Å². The van der Waals surface area contributed by atoms with Gasteiger partial charge in [0.05, 0.1) is 0 Å². The fraction of sp³-hybridized carbons (Fsp3) is 0.0909. The lowest BCUT2D eigenvalue weighted by molar-refractivity contribution is 0.101. The van der Waals surface area contributed by atoms with Gasteiger partial charge >= 0.3 is 0 Å². The highest BCUT2D eigenvalue weighted by molar-refractivity contribution is 9.11. The van der Waals surface area contributed by atoms with Gasteiger partial charge in [0, 0.05) is 21.2 Å². The van der Waals surface area contributed by atoms with E-state index in [2.05, 4.69) is 41.6 Å². The van der Waals surface area contributed by atoms with Gasteiger partial charge in [-0.1, -0.05) is 15.9 Å². The molecule has 0 aliphatic heterocycles. The highest BCUT2D eigenvalue weighted by atomic mass is 79.9. The zero-order valence-corrected chi connectivity index (χ0v) is 14.9. The Morgan fingerprint density at radius 3 is 2.60 bits per heavy atom. The minimum Gasteiger partial charge on any atom is -0.293 e. The molecule has 9 heteroatoms. The van der Waals surface area contributed by atoms with E-state index in [0.29, 0.717) is 4.47 Å². The highest BCUT2D eigenvalue weighted by Gasteiger charge is 2.19. The number of anilines is 1. The minimum absolute atomic E-state index is 0.0975. The first-order valence-electron chi connectivity index (χ1n) is 5.24. The van der Waals surface area contributed by atoms with Crippen LogP contribution in [0, 0.1) is 0 Å². The van der Waals surface area contributed by atoms with Crippen LogP contribution in [0.3, 0.4) is 0 Å². The topological polar surface area (TPSA) is 76.1 Å². The van der Waals surface area contributed by atoms with E-state index in [1.54, 1.807) is 12.1 Å². The van der Waals surface area contributed by atoms with Crippen molar-refractivity contribution >= 4 is 64.1 Å². The number of hydrogen-bond donors (Lipinski definition) is 1. The smallest absolute Gasteiger partial charge is 0.264 e. The fourth-order valence-electron chi connectivity index (χ4n) is 1.35. The van der Waals surface area contributed by atoms with E-state index in [1.165, 1.54) is 18.4 Å². The zero-order valence-electron chi connectivity index (χ0n) is 10.1. The summed E-state index contributed by atoms with van der Waals surface area (Å²) in [4.78, 5) is 15.2. The summed E-state index contributed by atoms with van der Waals surface area (Å²) < 4.78 is 28.0. The molecule has 0 atom stereocenters. The molecule has 0 saturated heterocycles. The van der Waals surface area contributed by atoms with Crippen LogP contribution in [0.15, 0.2) is 37.4 Å². The van der Waals surface area contributed by atoms with Gasteiger partial charge in [0.15, 0.2) is 10.9 Å². The third kappa shape index (κ3) is 3.46. The molecule has 2 aromatic rings. The monoisotopic (exact) mass is 438 g/mol. The van der Waals surface area contributed by atoms with E-state index < -0.39 is 10.0 Å². The van der Waals surface area contributed by atoms with Gasteiger partial charge in [0.25, 0.3) is 10.0 Å². The summed E-state index contributed by atoms with van der Waals surface area (Å²) >= 11 is 7.52. The predicted octanol–water partition coefficient (Wildman–Crippen LogP) is 3.67. The molecule has 1 heterocycles. The van der Waals surface area contributed by atoms with Crippen molar-refractivity contribution in [3.63, 3.8) is 0 Å². The van der Waals surface area contributed by atoms with Crippen LogP contribution in [0.1, 0.15) is 17.4 Å². The Balaban J connectivity index is 2.33. The molecule has 106 valence electrons. The Morgan fingerprint density at radius 2 is 2.05 bits per heavy atom. The Kier molecular flexibility index (Phi) is 4.62. The van der Waals surface area contributed by atoms with Crippen LogP contribution in [0.2, 0.25) is 0 Å². The number of sulfonamides is 1. The number of rotatable bonds is 4. The van der Waals surface area contributed by atoms with E-state index in [4.69, 9.17) is 0 Å². The van der Waals surface area contributed by atoms with Crippen LogP contribution < -0.4 is 4.72 Å². The summed E-state index contributed by atoms with van der Waals surface area (Å²) in [6.07, 6.45) is 0. The molecule has 0 saturated carbocycles. The lowest BCUT2D eigenvalue weighted by atomic mass is 10.4. The molecule has 1 aromatic heterocycles. The normalized spacial score (nSPS) is 11.3. The van der Waals surface area contributed by atoms with Crippen molar-refractivity contribution < 1.29 is 13.2 Å². The number of Topliss-reactive ketones (excluding diaryl/α,β-unsaturated/α-hetero) is 1. The van der Waals surface area contributed by atoms with Crippen LogP contribution in [-0.4, -0.2) is 19.2 Å². The van der Waals surface area contributed by atoms with Crippen LogP contribution in [0.25, 0.3) is 0 Å². The standard InChI is InChI=1S/C11H8Br2N2O3S2/c1-6(16)9-5-19-11(14-9)15-20(17,18)10-3-2-7(12)4-8(10)13/h2-5H,1H3,(H,14,15). The van der Waals surface area contributed by atoms with Gasteiger partial charge in [0.2, 0.25) is 0 Å². The summed E-state index contributed by atoms with van der Waals surface area (Å²) in [6.45, 7) is 1.37. The molecule has 0 bridgehead atoms. The van der Waals surface area contributed by atoms with Gasteiger partial charge in [-0.2, -0.15) is 0 Å². The number of benzene rings is 1. The fourth-order valence-corrected chi connectivity index (χ4v) is 5.09. The second-order valence-electron chi connectivity index (χ2n) is 3.77. The summed E-state index contributed by atoms with van der Waals surface area (Å²) in [5.41, 5.74) is 0.238. The first kappa shape index (κ1) is 15.6. The molecule has 0 unspecified atom stereocenters. The van der Waals surface area contributed by atoms with Crippen LogP contribution in [0.5, 0.6) is 0 Å². The Morgan fingerprint density at radius 1 is 1.35 bits per heavy atom. The SMILES string of the molecule is CC(=O)c1csc(NS(=O)(=O)c2ccc(Br)cc2Br)n1. The van der Waals surface area contributed by atoms with Gasteiger partial charge in [-0.15, -0.1) is 11.3 Å². The number of hydrogen-bond acceptors (Lipinski definition) is 5. The summed E-state index contributed by atoms with van der Waals surface area (Å²) in [7, 11) is -3.75. The quantitative estimate of drug-likeness (QED) is 0.737. The molecule has 1 aromatic carbocycles. The number of nitrogens with one attached hydrogen (secondary N) is 1. The van der Waals surface area contributed by atoms with Gasteiger partial charge in [0.1, 0.15) is 10.6 Å². The second-order valence-corrected chi connectivity index (χ2v) is 8.05. The summed E-state index contributed by atoms with van der Waals surface area (Å²) in [6, 6.07) is 4.73. The number of carbonyl (C=O) groups excluding carboxylic acids is 1. The maximum atomic E-state index is 12.2.